The minimum absolute atomic E-state index is 0.256. The Balaban J connectivity index is 1.47. The number of rotatable bonds is 4. The van der Waals surface area contributed by atoms with E-state index in [4.69, 9.17) is 0 Å². The second-order valence-corrected chi connectivity index (χ2v) is 12.1. The van der Waals surface area contributed by atoms with Crippen molar-refractivity contribution in [2.45, 2.75) is 92.9 Å². The monoisotopic (exact) mass is 466 g/mol. The predicted molar refractivity (Wildman–Crippen MR) is 139 cm³/mol. The molecule has 0 bridgehead atoms. The average molecular weight is 467 g/mol. The van der Waals surface area contributed by atoms with Gasteiger partial charge in [-0.2, -0.15) is 10.2 Å². The summed E-state index contributed by atoms with van der Waals surface area (Å²) in [5.41, 5.74) is 9.08. The summed E-state index contributed by atoms with van der Waals surface area (Å²) in [6.45, 7) is 13.7. The molecule has 34 heavy (non-hydrogen) atoms. The van der Waals surface area contributed by atoms with E-state index < -0.39 is 0 Å². The largest absolute Gasteiger partial charge is 0.271 e. The number of carbonyl (C=O) groups excluding carboxylic acids is 2. The summed E-state index contributed by atoms with van der Waals surface area (Å²) in [6.07, 6.45) is 8.18. The first-order valence-corrected chi connectivity index (χ1v) is 12.7. The molecular weight excluding hydrogens is 424 g/mol. The minimum Gasteiger partial charge on any atom is -0.267 e. The van der Waals surface area contributed by atoms with Gasteiger partial charge in [0.15, 0.2) is 0 Å². The summed E-state index contributed by atoms with van der Waals surface area (Å²) in [5.74, 6) is 0.885. The molecule has 0 aliphatic heterocycles. The second-order valence-electron chi connectivity index (χ2n) is 12.1. The molecule has 0 atom stereocenters. The van der Waals surface area contributed by atoms with Crippen molar-refractivity contribution in [1.29, 1.82) is 0 Å². The fourth-order valence-corrected chi connectivity index (χ4v) is 5.02. The van der Waals surface area contributed by atoms with E-state index in [1.807, 2.05) is 0 Å². The van der Waals surface area contributed by atoms with Crippen molar-refractivity contribution in [1.82, 2.24) is 10.9 Å². The Labute approximate surface area is 205 Å². The molecule has 6 nitrogen and oxygen atoms in total. The van der Waals surface area contributed by atoms with Gasteiger partial charge in [-0.3, -0.25) is 9.59 Å². The van der Waals surface area contributed by atoms with E-state index in [0.717, 1.165) is 62.8 Å². The number of hydrogen-bond acceptors (Lipinski definition) is 4. The highest BCUT2D eigenvalue weighted by atomic mass is 16.2. The molecule has 2 aliphatic carbocycles. The highest BCUT2D eigenvalue weighted by Crippen LogP contribution is 2.37. The van der Waals surface area contributed by atoms with Gasteiger partial charge < -0.3 is 0 Å². The topological polar surface area (TPSA) is 82.9 Å². The zero-order chi connectivity index (χ0) is 24.9. The molecule has 2 fully saturated rings. The summed E-state index contributed by atoms with van der Waals surface area (Å²) in [4.78, 5) is 25.0. The van der Waals surface area contributed by atoms with Gasteiger partial charge in [0.05, 0.1) is 0 Å². The van der Waals surface area contributed by atoms with Crippen LogP contribution in [0.3, 0.4) is 0 Å². The maximum atomic E-state index is 12.5. The number of benzene rings is 1. The number of carbonyl (C=O) groups is 2. The smallest absolute Gasteiger partial charge is 0.267 e. The van der Waals surface area contributed by atoms with Crippen LogP contribution in [0.5, 0.6) is 0 Å². The van der Waals surface area contributed by atoms with Crippen LogP contribution in [-0.2, 0) is 0 Å². The van der Waals surface area contributed by atoms with Crippen LogP contribution < -0.4 is 10.9 Å². The summed E-state index contributed by atoms with van der Waals surface area (Å²) in [5, 5.41) is 8.71. The van der Waals surface area contributed by atoms with Gasteiger partial charge in [-0.25, -0.2) is 10.9 Å². The van der Waals surface area contributed by atoms with Crippen molar-refractivity contribution in [2.75, 3.05) is 0 Å². The molecule has 0 spiro atoms. The third-order valence-corrected chi connectivity index (χ3v) is 7.62. The van der Waals surface area contributed by atoms with Gasteiger partial charge in [-0.1, -0.05) is 41.5 Å². The van der Waals surface area contributed by atoms with E-state index in [1.54, 1.807) is 24.3 Å². The second kappa shape index (κ2) is 10.8. The molecule has 0 aromatic heterocycles. The Hall–Kier alpha value is -2.50. The lowest BCUT2D eigenvalue weighted by molar-refractivity contribution is 0.0942. The Bertz CT molecular complexity index is 836. The molecule has 1 aromatic carbocycles. The van der Waals surface area contributed by atoms with Gasteiger partial charge in [0.2, 0.25) is 0 Å². The lowest BCUT2D eigenvalue weighted by Gasteiger charge is -2.34. The lowest BCUT2D eigenvalue weighted by atomic mass is 9.72. The normalized spacial score (nSPS) is 21.6. The number of hydrogen-bond donors (Lipinski definition) is 2. The minimum atomic E-state index is -0.256. The van der Waals surface area contributed by atoms with Gasteiger partial charge >= 0.3 is 0 Å². The lowest BCUT2D eigenvalue weighted by Crippen LogP contribution is -2.28. The molecule has 2 N–H and O–H groups in total. The molecule has 0 radical (unpaired) electrons. The summed E-state index contributed by atoms with van der Waals surface area (Å²) in [6, 6.07) is 6.62. The molecule has 2 aliphatic rings. The Morgan fingerprint density at radius 2 is 0.941 bits per heavy atom. The van der Waals surface area contributed by atoms with E-state index in [1.165, 1.54) is 0 Å². The van der Waals surface area contributed by atoms with E-state index in [0.29, 0.717) is 33.8 Å². The Morgan fingerprint density at radius 1 is 0.647 bits per heavy atom. The SMILES string of the molecule is CC(C)(C)C1CCC(=NNC(=O)c2ccc(C(=O)NN=C3CCC(C(C)(C)C)CC3)cc2)CC1. The van der Waals surface area contributed by atoms with Crippen LogP contribution in [0.2, 0.25) is 0 Å². The highest BCUT2D eigenvalue weighted by Gasteiger charge is 2.29. The summed E-state index contributed by atoms with van der Waals surface area (Å²) < 4.78 is 0. The third-order valence-electron chi connectivity index (χ3n) is 7.62. The van der Waals surface area contributed by atoms with E-state index in [-0.39, 0.29) is 11.8 Å². The highest BCUT2D eigenvalue weighted by molar-refractivity contribution is 5.99. The van der Waals surface area contributed by atoms with Crippen molar-refractivity contribution < 1.29 is 9.59 Å². The first-order chi connectivity index (χ1) is 15.9. The molecule has 0 unspecified atom stereocenters. The molecule has 0 heterocycles. The fraction of sp³-hybridized carbons (Fsp3) is 0.643. The number of nitrogens with one attached hydrogen (secondary N) is 2. The van der Waals surface area contributed by atoms with Gasteiger partial charge in [0, 0.05) is 22.6 Å². The van der Waals surface area contributed by atoms with Crippen molar-refractivity contribution in [3.8, 4) is 0 Å². The Morgan fingerprint density at radius 3 is 1.21 bits per heavy atom. The van der Waals surface area contributed by atoms with Gasteiger partial charge in [-0.15, -0.1) is 0 Å². The van der Waals surface area contributed by atoms with Crippen LogP contribution in [0.4, 0.5) is 0 Å². The van der Waals surface area contributed by atoms with Crippen LogP contribution in [0, 0.1) is 22.7 Å². The summed E-state index contributed by atoms with van der Waals surface area (Å²) >= 11 is 0. The van der Waals surface area contributed by atoms with Crippen LogP contribution in [-0.4, -0.2) is 23.2 Å². The molecule has 2 saturated carbocycles. The van der Waals surface area contributed by atoms with E-state index in [2.05, 4.69) is 62.6 Å². The van der Waals surface area contributed by atoms with E-state index in [9.17, 15) is 9.59 Å². The van der Waals surface area contributed by atoms with Crippen molar-refractivity contribution in [2.24, 2.45) is 32.9 Å². The predicted octanol–water partition coefficient (Wildman–Crippen LogP) is 6.33. The standard InChI is InChI=1S/C28H42N4O2/c1-27(2,3)21-11-15-23(16-12-21)29-31-25(33)19-7-9-20(10-8-19)26(34)32-30-24-17-13-22(14-18-24)28(4,5)6/h7-10,21-22H,11-18H2,1-6H3,(H,31,33)(H,32,34). The molecule has 3 rings (SSSR count). The van der Waals surface area contributed by atoms with Crippen molar-refractivity contribution >= 4 is 23.2 Å². The van der Waals surface area contributed by atoms with Crippen LogP contribution in [0.25, 0.3) is 0 Å². The maximum Gasteiger partial charge on any atom is 0.271 e. The molecule has 1 aromatic rings. The number of hydrazone groups is 2. The first kappa shape index (κ1) is 26.1. The van der Waals surface area contributed by atoms with Crippen molar-refractivity contribution in [3.05, 3.63) is 35.4 Å². The van der Waals surface area contributed by atoms with Crippen LogP contribution in [0.15, 0.2) is 34.5 Å². The van der Waals surface area contributed by atoms with Crippen LogP contribution >= 0.6 is 0 Å². The average Bonchev–Trinajstić information content (AvgIpc) is 2.80. The fourth-order valence-electron chi connectivity index (χ4n) is 5.02. The number of nitrogens with zero attached hydrogens (tertiary/aromatic N) is 2. The molecular formula is C28H42N4O2. The summed E-state index contributed by atoms with van der Waals surface area (Å²) in [7, 11) is 0. The molecule has 2 amide bonds. The number of amides is 2. The zero-order valence-electron chi connectivity index (χ0n) is 21.8. The molecule has 186 valence electrons. The Kier molecular flexibility index (Phi) is 8.32. The zero-order valence-corrected chi connectivity index (χ0v) is 21.8. The molecule has 0 saturated heterocycles. The van der Waals surface area contributed by atoms with Gasteiger partial charge in [0.1, 0.15) is 0 Å². The third kappa shape index (κ3) is 7.25. The van der Waals surface area contributed by atoms with Crippen LogP contribution in [0.1, 0.15) is 114 Å². The van der Waals surface area contributed by atoms with Gasteiger partial charge in [0.25, 0.3) is 11.8 Å². The first-order valence-electron chi connectivity index (χ1n) is 12.7. The maximum absolute atomic E-state index is 12.5. The quantitative estimate of drug-likeness (QED) is 0.508. The van der Waals surface area contributed by atoms with Crippen molar-refractivity contribution in [3.63, 3.8) is 0 Å². The van der Waals surface area contributed by atoms with E-state index >= 15 is 0 Å². The van der Waals surface area contributed by atoms with Gasteiger partial charge in [-0.05, 0) is 98.3 Å². The molecule has 6 heteroatoms.